The molecule has 0 aromatic rings. The van der Waals surface area contributed by atoms with Crippen molar-refractivity contribution in [2.45, 2.75) is 52.7 Å². The van der Waals surface area contributed by atoms with E-state index in [9.17, 15) is 10.2 Å². The van der Waals surface area contributed by atoms with Crippen molar-refractivity contribution in [3.8, 4) is 0 Å². The van der Waals surface area contributed by atoms with E-state index in [1.54, 1.807) is 13.8 Å². The largest absolute Gasteiger partial charge is 0.392 e. The van der Waals surface area contributed by atoms with Crippen LogP contribution in [0.2, 0.25) is 0 Å². The van der Waals surface area contributed by atoms with Crippen molar-refractivity contribution >= 4 is 0 Å². The highest BCUT2D eigenvalue weighted by Crippen LogP contribution is 2.34. The zero-order valence-electron chi connectivity index (χ0n) is 8.18. The van der Waals surface area contributed by atoms with E-state index in [4.69, 9.17) is 0 Å². The number of aliphatic hydroxyl groups is 2. The van der Waals surface area contributed by atoms with Crippen molar-refractivity contribution in [1.29, 1.82) is 0 Å². The smallest absolute Gasteiger partial charge is 0.0667 e. The van der Waals surface area contributed by atoms with Crippen LogP contribution in [-0.4, -0.2) is 21.9 Å². The SMILES string of the molecule is CCC(O)C(C)(C)C(C)(C)O. The molecule has 1 unspecified atom stereocenters. The van der Waals surface area contributed by atoms with Gasteiger partial charge in [-0.1, -0.05) is 20.8 Å². The summed E-state index contributed by atoms with van der Waals surface area (Å²) < 4.78 is 0. The van der Waals surface area contributed by atoms with Gasteiger partial charge in [-0.3, -0.25) is 0 Å². The molecule has 0 aliphatic heterocycles. The molecule has 0 spiro atoms. The lowest BCUT2D eigenvalue weighted by molar-refractivity contribution is -0.104. The number of rotatable bonds is 3. The highest BCUT2D eigenvalue weighted by molar-refractivity contribution is 4.90. The van der Waals surface area contributed by atoms with Crippen LogP contribution in [0.15, 0.2) is 0 Å². The van der Waals surface area contributed by atoms with Crippen LogP contribution < -0.4 is 0 Å². The first-order valence-electron chi connectivity index (χ1n) is 4.14. The Labute approximate surface area is 69.2 Å². The summed E-state index contributed by atoms with van der Waals surface area (Å²) in [6, 6.07) is 0. The summed E-state index contributed by atoms with van der Waals surface area (Å²) in [7, 11) is 0. The average Bonchev–Trinajstić information content (AvgIpc) is 1.83. The summed E-state index contributed by atoms with van der Waals surface area (Å²) >= 11 is 0. The predicted octanol–water partition coefficient (Wildman–Crippen LogP) is 1.55. The third-order valence-electron chi connectivity index (χ3n) is 2.80. The molecule has 0 aromatic heterocycles. The van der Waals surface area contributed by atoms with Gasteiger partial charge in [0.1, 0.15) is 0 Å². The van der Waals surface area contributed by atoms with Gasteiger partial charge >= 0.3 is 0 Å². The molecule has 0 bridgehead atoms. The van der Waals surface area contributed by atoms with Crippen LogP contribution in [0, 0.1) is 5.41 Å². The second kappa shape index (κ2) is 3.11. The second-order valence-corrected chi connectivity index (χ2v) is 4.20. The predicted molar refractivity (Wildman–Crippen MR) is 46.4 cm³/mol. The lowest BCUT2D eigenvalue weighted by Crippen LogP contribution is -2.47. The minimum Gasteiger partial charge on any atom is -0.392 e. The maximum absolute atomic E-state index is 9.69. The molecule has 0 saturated carbocycles. The lowest BCUT2D eigenvalue weighted by Gasteiger charge is -2.40. The van der Waals surface area contributed by atoms with Gasteiger partial charge in [-0.2, -0.15) is 0 Å². The van der Waals surface area contributed by atoms with Crippen LogP contribution >= 0.6 is 0 Å². The minimum atomic E-state index is -0.831. The Bertz CT molecular complexity index is 122. The van der Waals surface area contributed by atoms with Gasteiger partial charge in [0.2, 0.25) is 0 Å². The summed E-state index contributed by atoms with van der Waals surface area (Å²) in [5.41, 5.74) is -1.27. The van der Waals surface area contributed by atoms with Gasteiger partial charge in [0.05, 0.1) is 11.7 Å². The van der Waals surface area contributed by atoms with E-state index in [2.05, 4.69) is 0 Å². The van der Waals surface area contributed by atoms with Gasteiger partial charge < -0.3 is 10.2 Å². The molecule has 0 amide bonds. The fourth-order valence-electron chi connectivity index (χ4n) is 0.918. The quantitative estimate of drug-likeness (QED) is 0.657. The second-order valence-electron chi connectivity index (χ2n) is 4.20. The van der Waals surface area contributed by atoms with E-state index in [-0.39, 0.29) is 0 Å². The first kappa shape index (κ1) is 10.9. The monoisotopic (exact) mass is 160 g/mol. The van der Waals surface area contributed by atoms with Crippen molar-refractivity contribution in [1.82, 2.24) is 0 Å². The van der Waals surface area contributed by atoms with Crippen LogP contribution in [-0.2, 0) is 0 Å². The molecular formula is C9H20O2. The molecule has 0 aliphatic carbocycles. The van der Waals surface area contributed by atoms with Crippen molar-refractivity contribution in [2.24, 2.45) is 5.41 Å². The van der Waals surface area contributed by atoms with Gasteiger partial charge in [-0.15, -0.1) is 0 Å². The van der Waals surface area contributed by atoms with Crippen molar-refractivity contribution in [3.63, 3.8) is 0 Å². The van der Waals surface area contributed by atoms with E-state index in [1.165, 1.54) is 0 Å². The van der Waals surface area contributed by atoms with Crippen LogP contribution in [0.1, 0.15) is 41.0 Å². The first-order valence-corrected chi connectivity index (χ1v) is 4.14. The molecule has 0 radical (unpaired) electrons. The minimum absolute atomic E-state index is 0.442. The van der Waals surface area contributed by atoms with E-state index in [1.807, 2.05) is 20.8 Å². The summed E-state index contributed by atoms with van der Waals surface area (Å²) in [6.45, 7) is 9.12. The molecule has 2 heteroatoms. The standard InChI is InChI=1S/C9H20O2/c1-6-7(10)8(2,3)9(4,5)11/h7,10-11H,6H2,1-5H3. The Balaban J connectivity index is 4.45. The Kier molecular flexibility index (Phi) is 3.09. The van der Waals surface area contributed by atoms with E-state index in [0.717, 1.165) is 0 Å². The molecule has 68 valence electrons. The average molecular weight is 160 g/mol. The molecule has 1 atom stereocenters. The summed E-state index contributed by atoms with van der Waals surface area (Å²) in [5, 5.41) is 19.2. The van der Waals surface area contributed by atoms with Gasteiger partial charge in [0, 0.05) is 5.41 Å². The van der Waals surface area contributed by atoms with Crippen molar-refractivity contribution < 1.29 is 10.2 Å². The summed E-state index contributed by atoms with van der Waals surface area (Å²) in [4.78, 5) is 0. The topological polar surface area (TPSA) is 40.5 Å². The molecule has 0 aliphatic rings. The third kappa shape index (κ3) is 2.17. The lowest BCUT2D eigenvalue weighted by atomic mass is 9.72. The van der Waals surface area contributed by atoms with E-state index >= 15 is 0 Å². The highest BCUT2D eigenvalue weighted by Gasteiger charge is 2.40. The molecule has 0 heterocycles. The number of hydrogen-bond acceptors (Lipinski definition) is 2. The first-order chi connectivity index (χ1) is 4.73. The van der Waals surface area contributed by atoms with E-state index in [0.29, 0.717) is 6.42 Å². The maximum atomic E-state index is 9.69. The van der Waals surface area contributed by atoms with Crippen molar-refractivity contribution in [2.75, 3.05) is 0 Å². The Hall–Kier alpha value is -0.0800. The molecule has 11 heavy (non-hydrogen) atoms. The molecule has 0 saturated heterocycles. The van der Waals surface area contributed by atoms with Gasteiger partial charge in [-0.05, 0) is 20.3 Å². The molecule has 2 nitrogen and oxygen atoms in total. The fraction of sp³-hybridized carbons (Fsp3) is 1.00. The maximum Gasteiger partial charge on any atom is 0.0667 e. The molecule has 2 N–H and O–H groups in total. The van der Waals surface area contributed by atoms with Crippen LogP contribution in [0.25, 0.3) is 0 Å². The Morgan fingerprint density at radius 1 is 1.18 bits per heavy atom. The third-order valence-corrected chi connectivity index (χ3v) is 2.80. The Morgan fingerprint density at radius 2 is 1.55 bits per heavy atom. The van der Waals surface area contributed by atoms with Gasteiger partial charge in [0.25, 0.3) is 0 Å². The zero-order valence-corrected chi connectivity index (χ0v) is 8.18. The molecular weight excluding hydrogens is 140 g/mol. The molecule has 0 rings (SSSR count). The molecule has 0 aromatic carbocycles. The highest BCUT2D eigenvalue weighted by atomic mass is 16.3. The Morgan fingerprint density at radius 3 is 1.64 bits per heavy atom. The van der Waals surface area contributed by atoms with Gasteiger partial charge in [0.15, 0.2) is 0 Å². The summed E-state index contributed by atoms with van der Waals surface area (Å²) in [6.07, 6.45) is 0.235. The van der Waals surface area contributed by atoms with Crippen LogP contribution in [0.3, 0.4) is 0 Å². The van der Waals surface area contributed by atoms with Gasteiger partial charge in [-0.25, -0.2) is 0 Å². The molecule has 0 fully saturated rings. The normalized spacial score (nSPS) is 16.6. The number of aliphatic hydroxyl groups excluding tert-OH is 1. The van der Waals surface area contributed by atoms with E-state index < -0.39 is 17.1 Å². The van der Waals surface area contributed by atoms with Crippen LogP contribution in [0.5, 0.6) is 0 Å². The number of hydrogen-bond donors (Lipinski definition) is 2. The zero-order chi connectivity index (χ0) is 9.28. The van der Waals surface area contributed by atoms with Crippen LogP contribution in [0.4, 0.5) is 0 Å². The van der Waals surface area contributed by atoms with Crippen molar-refractivity contribution in [3.05, 3.63) is 0 Å². The fourth-order valence-corrected chi connectivity index (χ4v) is 0.918. The summed E-state index contributed by atoms with van der Waals surface area (Å²) in [5.74, 6) is 0.